The molecule has 0 spiro atoms. The minimum atomic E-state index is 0.864. The fourth-order valence-corrected chi connectivity index (χ4v) is 2.00. The van der Waals surface area contributed by atoms with E-state index in [4.69, 9.17) is 4.74 Å². The van der Waals surface area contributed by atoms with Crippen LogP contribution < -0.4 is 4.74 Å². The molecule has 0 radical (unpaired) electrons. The maximum absolute atomic E-state index is 5.59. The molecule has 0 saturated heterocycles. The summed E-state index contributed by atoms with van der Waals surface area (Å²) in [5.74, 6) is 1.07. The molecule has 0 unspecified atom stereocenters. The molecule has 0 aliphatic carbocycles. The number of aromatic nitrogens is 1. The number of rotatable bonds is 0. The third kappa shape index (κ3) is 0.949. The van der Waals surface area contributed by atoms with Crippen LogP contribution in [-0.4, -0.2) is 11.6 Å². The largest absolute Gasteiger partial charge is 0.493 e. The van der Waals surface area contributed by atoms with Gasteiger partial charge in [-0.15, -0.1) is 0 Å². The minimum absolute atomic E-state index is 0.864. The Bertz CT molecular complexity index is 444. The highest BCUT2D eigenvalue weighted by molar-refractivity contribution is 5.85. The highest BCUT2D eigenvalue weighted by Crippen LogP contribution is 2.31. The molecule has 3 rings (SSSR count). The van der Waals surface area contributed by atoms with Gasteiger partial charge in [-0.05, 0) is 31.0 Å². The second-order valence-electron chi connectivity index (χ2n) is 3.43. The van der Waals surface area contributed by atoms with Crippen molar-refractivity contribution in [3.63, 3.8) is 0 Å². The molecule has 0 fully saturated rings. The lowest BCUT2D eigenvalue weighted by molar-refractivity contribution is 0.289. The summed E-state index contributed by atoms with van der Waals surface area (Å²) < 4.78 is 5.59. The second-order valence-corrected chi connectivity index (χ2v) is 3.43. The van der Waals surface area contributed by atoms with Gasteiger partial charge in [-0.3, -0.25) is 0 Å². The molecule has 0 bridgehead atoms. The Morgan fingerprint density at radius 3 is 3.23 bits per heavy atom. The predicted octanol–water partition coefficient (Wildman–Crippen LogP) is 2.49. The highest BCUT2D eigenvalue weighted by atomic mass is 16.5. The second kappa shape index (κ2) is 2.52. The molecule has 0 amide bonds. The molecule has 13 heavy (non-hydrogen) atoms. The van der Waals surface area contributed by atoms with Gasteiger partial charge in [0.25, 0.3) is 0 Å². The first kappa shape index (κ1) is 7.01. The van der Waals surface area contributed by atoms with E-state index in [1.54, 1.807) is 0 Å². The molecule has 1 N–H and O–H groups in total. The van der Waals surface area contributed by atoms with E-state index in [0.717, 1.165) is 25.2 Å². The maximum atomic E-state index is 5.59. The van der Waals surface area contributed by atoms with Crippen LogP contribution in [0.15, 0.2) is 24.4 Å². The molecular weight excluding hydrogens is 162 g/mol. The van der Waals surface area contributed by atoms with Gasteiger partial charge in [-0.1, -0.05) is 0 Å². The van der Waals surface area contributed by atoms with Gasteiger partial charge in [0.2, 0.25) is 0 Å². The highest BCUT2D eigenvalue weighted by Gasteiger charge is 2.13. The van der Waals surface area contributed by atoms with Gasteiger partial charge < -0.3 is 9.72 Å². The van der Waals surface area contributed by atoms with E-state index in [1.807, 2.05) is 6.20 Å². The molecule has 0 atom stereocenters. The van der Waals surface area contributed by atoms with Crippen LogP contribution in [0.1, 0.15) is 12.0 Å². The van der Waals surface area contributed by atoms with Gasteiger partial charge in [-0.2, -0.15) is 0 Å². The molecule has 1 aliphatic rings. The first-order valence-electron chi connectivity index (χ1n) is 4.67. The third-order valence-electron chi connectivity index (χ3n) is 2.63. The molecule has 2 nitrogen and oxygen atoms in total. The molecule has 2 heterocycles. The van der Waals surface area contributed by atoms with Gasteiger partial charge in [-0.25, -0.2) is 0 Å². The van der Waals surface area contributed by atoms with E-state index in [-0.39, 0.29) is 0 Å². The Kier molecular flexibility index (Phi) is 1.36. The van der Waals surface area contributed by atoms with Crippen molar-refractivity contribution >= 4 is 10.9 Å². The lowest BCUT2D eigenvalue weighted by Crippen LogP contribution is -2.08. The molecule has 2 aromatic rings. The number of benzene rings is 1. The van der Waals surface area contributed by atoms with Crippen molar-refractivity contribution in [2.75, 3.05) is 6.61 Å². The average Bonchev–Trinajstić information content (AvgIpc) is 2.65. The van der Waals surface area contributed by atoms with Crippen molar-refractivity contribution < 1.29 is 4.74 Å². The number of aryl methyl sites for hydroxylation is 1. The Hall–Kier alpha value is -1.44. The normalized spacial score (nSPS) is 15.4. The first-order chi connectivity index (χ1) is 6.45. The average molecular weight is 173 g/mol. The van der Waals surface area contributed by atoms with E-state index in [9.17, 15) is 0 Å². The Morgan fingerprint density at radius 2 is 2.23 bits per heavy atom. The predicted molar refractivity (Wildman–Crippen MR) is 52.1 cm³/mol. The number of H-pyrrole nitrogens is 1. The van der Waals surface area contributed by atoms with Crippen molar-refractivity contribution in [1.82, 2.24) is 4.98 Å². The van der Waals surface area contributed by atoms with Crippen molar-refractivity contribution in [2.45, 2.75) is 12.8 Å². The van der Waals surface area contributed by atoms with E-state index in [2.05, 4.69) is 23.2 Å². The summed E-state index contributed by atoms with van der Waals surface area (Å²) in [4.78, 5) is 3.21. The van der Waals surface area contributed by atoms with Crippen LogP contribution >= 0.6 is 0 Å². The van der Waals surface area contributed by atoms with Crippen LogP contribution in [-0.2, 0) is 6.42 Å². The zero-order valence-corrected chi connectivity index (χ0v) is 7.34. The van der Waals surface area contributed by atoms with Crippen molar-refractivity contribution in [1.29, 1.82) is 0 Å². The number of hydrogen-bond acceptors (Lipinski definition) is 1. The lowest BCUT2D eigenvalue weighted by Gasteiger charge is -2.17. The van der Waals surface area contributed by atoms with Gasteiger partial charge >= 0.3 is 0 Å². The summed E-state index contributed by atoms with van der Waals surface area (Å²) >= 11 is 0. The molecule has 1 aliphatic heterocycles. The van der Waals surface area contributed by atoms with Gasteiger partial charge in [0.05, 0.1) is 6.61 Å². The first-order valence-corrected chi connectivity index (χ1v) is 4.67. The quantitative estimate of drug-likeness (QED) is 0.650. The molecular formula is C11H11NO. The van der Waals surface area contributed by atoms with E-state index < -0.39 is 0 Å². The van der Waals surface area contributed by atoms with Gasteiger partial charge in [0.1, 0.15) is 5.75 Å². The smallest absolute Gasteiger partial charge is 0.123 e. The van der Waals surface area contributed by atoms with E-state index >= 15 is 0 Å². The monoisotopic (exact) mass is 173 g/mol. The Morgan fingerprint density at radius 1 is 1.23 bits per heavy atom. The van der Waals surface area contributed by atoms with E-state index in [1.165, 1.54) is 16.5 Å². The molecule has 2 heteroatoms. The van der Waals surface area contributed by atoms with Crippen LogP contribution in [0.3, 0.4) is 0 Å². The maximum Gasteiger partial charge on any atom is 0.123 e. The Labute approximate surface area is 76.5 Å². The number of hydrogen-bond donors (Lipinski definition) is 1. The van der Waals surface area contributed by atoms with Crippen molar-refractivity contribution in [3.8, 4) is 5.75 Å². The summed E-state index contributed by atoms with van der Waals surface area (Å²) in [5.41, 5.74) is 2.58. The summed E-state index contributed by atoms with van der Waals surface area (Å²) in [5, 5.41) is 1.32. The summed E-state index contributed by atoms with van der Waals surface area (Å²) in [7, 11) is 0. The fourth-order valence-electron chi connectivity index (χ4n) is 2.00. The number of aromatic amines is 1. The van der Waals surface area contributed by atoms with Crippen LogP contribution in [0.2, 0.25) is 0 Å². The molecule has 0 saturated carbocycles. The van der Waals surface area contributed by atoms with Crippen molar-refractivity contribution in [2.24, 2.45) is 0 Å². The van der Waals surface area contributed by atoms with Crippen LogP contribution in [0.25, 0.3) is 10.9 Å². The van der Waals surface area contributed by atoms with E-state index in [0.29, 0.717) is 0 Å². The standard InChI is InChI=1S/C11H11NO/c1-2-9-8-5-6-12-10(8)3-4-11(9)13-7-1/h3-6,12H,1-2,7H2. The SMILES string of the molecule is c1cc2c3c(ccc2[nH]1)OCCC3. The van der Waals surface area contributed by atoms with Gasteiger partial charge in [0, 0.05) is 22.7 Å². The number of ether oxygens (including phenoxy) is 1. The minimum Gasteiger partial charge on any atom is -0.493 e. The van der Waals surface area contributed by atoms with Crippen LogP contribution in [0.5, 0.6) is 5.75 Å². The zero-order valence-electron chi connectivity index (χ0n) is 7.34. The van der Waals surface area contributed by atoms with Crippen molar-refractivity contribution in [3.05, 3.63) is 30.0 Å². The zero-order chi connectivity index (χ0) is 8.67. The fraction of sp³-hybridized carbons (Fsp3) is 0.273. The molecule has 1 aromatic heterocycles. The third-order valence-corrected chi connectivity index (χ3v) is 2.63. The lowest BCUT2D eigenvalue weighted by atomic mass is 10.0. The number of fused-ring (bicyclic) bond motifs is 3. The Balaban J connectivity index is 2.34. The topological polar surface area (TPSA) is 25.0 Å². The molecule has 66 valence electrons. The van der Waals surface area contributed by atoms with Crippen LogP contribution in [0.4, 0.5) is 0 Å². The summed E-state index contributed by atoms with van der Waals surface area (Å²) in [6.45, 7) is 0.864. The molecule has 1 aromatic carbocycles. The van der Waals surface area contributed by atoms with Gasteiger partial charge in [0.15, 0.2) is 0 Å². The summed E-state index contributed by atoms with van der Waals surface area (Å²) in [6, 6.07) is 6.27. The summed E-state index contributed by atoms with van der Waals surface area (Å²) in [6.07, 6.45) is 4.27. The number of nitrogens with one attached hydrogen (secondary N) is 1. The van der Waals surface area contributed by atoms with Crippen LogP contribution in [0, 0.1) is 0 Å².